The highest BCUT2D eigenvalue weighted by Crippen LogP contribution is 2.24. The molecule has 0 fully saturated rings. The second-order valence-electron chi connectivity index (χ2n) is 4.64. The smallest absolute Gasteiger partial charge is 0.358 e. The lowest BCUT2D eigenvalue weighted by Gasteiger charge is -2.10. The maximum Gasteiger partial charge on any atom is 0.358 e. The van der Waals surface area contributed by atoms with E-state index in [1.165, 1.54) is 12.4 Å². The van der Waals surface area contributed by atoms with Crippen molar-refractivity contribution in [1.29, 1.82) is 0 Å². The van der Waals surface area contributed by atoms with Gasteiger partial charge < -0.3 is 9.84 Å². The van der Waals surface area contributed by atoms with E-state index in [0.717, 1.165) is 5.69 Å². The fourth-order valence-corrected chi connectivity index (χ4v) is 1.53. The summed E-state index contributed by atoms with van der Waals surface area (Å²) in [6.45, 7) is 5.64. The summed E-state index contributed by atoms with van der Waals surface area (Å²) >= 11 is 0. The lowest BCUT2D eigenvalue weighted by molar-refractivity contribution is 0.0686. The number of carboxylic acid groups (broad SMARTS) is 1. The van der Waals surface area contributed by atoms with Crippen molar-refractivity contribution in [2.24, 2.45) is 0 Å². The number of aromatic carboxylic acids is 1. The number of aromatic nitrogens is 3. The first-order valence-corrected chi connectivity index (χ1v) is 6.18. The summed E-state index contributed by atoms with van der Waals surface area (Å²) in [6, 6.07) is 3.49. The Morgan fingerprint density at radius 3 is 2.55 bits per heavy atom. The Bertz CT molecular complexity index is 624. The summed E-state index contributed by atoms with van der Waals surface area (Å²) in [5.41, 5.74) is 0.700. The van der Waals surface area contributed by atoms with Crippen molar-refractivity contribution in [3.63, 3.8) is 0 Å². The molecule has 0 radical (unpaired) electrons. The molecule has 0 unspecified atom stereocenters. The van der Waals surface area contributed by atoms with E-state index in [0.29, 0.717) is 11.6 Å². The molecular formula is C14H15N3O3. The van der Waals surface area contributed by atoms with Crippen LogP contribution in [0.15, 0.2) is 24.5 Å². The van der Waals surface area contributed by atoms with Crippen LogP contribution in [0.1, 0.15) is 41.8 Å². The first-order chi connectivity index (χ1) is 9.47. The highest BCUT2D eigenvalue weighted by atomic mass is 16.5. The Morgan fingerprint density at radius 2 is 2.00 bits per heavy atom. The molecule has 2 rings (SSSR count). The van der Waals surface area contributed by atoms with E-state index in [1.807, 2.05) is 20.8 Å². The van der Waals surface area contributed by atoms with Gasteiger partial charge in [-0.1, -0.05) is 13.8 Å². The fourth-order valence-electron chi connectivity index (χ4n) is 1.53. The van der Waals surface area contributed by atoms with Gasteiger partial charge in [-0.05, 0) is 19.1 Å². The zero-order chi connectivity index (χ0) is 14.7. The largest absolute Gasteiger partial charge is 0.476 e. The second kappa shape index (κ2) is 5.64. The Morgan fingerprint density at radius 1 is 1.25 bits per heavy atom. The number of rotatable bonds is 4. The summed E-state index contributed by atoms with van der Waals surface area (Å²) in [7, 11) is 0. The molecule has 6 nitrogen and oxygen atoms in total. The molecule has 20 heavy (non-hydrogen) atoms. The maximum absolute atomic E-state index is 11.3. The zero-order valence-corrected chi connectivity index (χ0v) is 11.5. The number of nitrogens with zero attached hydrogens (tertiary/aromatic N) is 3. The summed E-state index contributed by atoms with van der Waals surface area (Å²) in [5.74, 6) is -0.0871. The predicted molar refractivity (Wildman–Crippen MR) is 72.1 cm³/mol. The molecule has 6 heteroatoms. The molecule has 0 saturated carbocycles. The van der Waals surface area contributed by atoms with Crippen LogP contribution < -0.4 is 4.74 Å². The van der Waals surface area contributed by atoms with Gasteiger partial charge in [0.15, 0.2) is 11.4 Å². The van der Waals surface area contributed by atoms with Crippen molar-refractivity contribution < 1.29 is 14.6 Å². The molecule has 2 aromatic heterocycles. The third-order valence-corrected chi connectivity index (χ3v) is 2.60. The summed E-state index contributed by atoms with van der Waals surface area (Å²) in [5, 5.41) is 9.21. The number of aryl methyl sites for hydroxylation is 1. The number of hydrogen-bond donors (Lipinski definition) is 1. The van der Waals surface area contributed by atoms with Crippen LogP contribution in [-0.4, -0.2) is 26.0 Å². The quantitative estimate of drug-likeness (QED) is 0.921. The number of hydrogen-bond acceptors (Lipinski definition) is 5. The van der Waals surface area contributed by atoms with E-state index >= 15 is 0 Å². The number of ether oxygens (including phenoxy) is 1. The molecule has 0 amide bonds. The van der Waals surface area contributed by atoms with Crippen LogP contribution in [-0.2, 0) is 0 Å². The third-order valence-electron chi connectivity index (χ3n) is 2.60. The molecule has 2 aromatic rings. The first-order valence-electron chi connectivity index (χ1n) is 6.18. The Hall–Kier alpha value is -2.50. The van der Waals surface area contributed by atoms with E-state index in [-0.39, 0.29) is 17.4 Å². The summed E-state index contributed by atoms with van der Waals surface area (Å²) < 4.78 is 5.49. The molecule has 1 N–H and O–H groups in total. The average Bonchev–Trinajstić information content (AvgIpc) is 2.41. The van der Waals surface area contributed by atoms with Crippen molar-refractivity contribution >= 4 is 5.97 Å². The first kappa shape index (κ1) is 13.9. The van der Waals surface area contributed by atoms with Crippen molar-refractivity contribution in [2.75, 3.05) is 0 Å². The Balaban J connectivity index is 2.35. The SMILES string of the molecule is Cc1ccc(Oc2cnc(C(C)C)nc2C(=O)O)cn1. The molecule has 0 spiro atoms. The van der Waals surface area contributed by atoms with Crippen LogP contribution in [0.3, 0.4) is 0 Å². The van der Waals surface area contributed by atoms with Crippen LogP contribution in [0.5, 0.6) is 11.5 Å². The molecular weight excluding hydrogens is 258 g/mol. The predicted octanol–water partition coefficient (Wildman–Crippen LogP) is 2.79. The minimum Gasteiger partial charge on any atom is -0.476 e. The maximum atomic E-state index is 11.3. The van der Waals surface area contributed by atoms with Crippen LogP contribution in [0.25, 0.3) is 0 Å². The van der Waals surface area contributed by atoms with E-state index in [9.17, 15) is 9.90 Å². The number of carbonyl (C=O) groups is 1. The molecule has 0 aromatic carbocycles. The topological polar surface area (TPSA) is 85.2 Å². The van der Waals surface area contributed by atoms with E-state index in [1.54, 1.807) is 12.1 Å². The van der Waals surface area contributed by atoms with Crippen LogP contribution in [0.4, 0.5) is 0 Å². The molecule has 0 aliphatic carbocycles. The second-order valence-corrected chi connectivity index (χ2v) is 4.64. The normalized spacial score (nSPS) is 10.6. The average molecular weight is 273 g/mol. The van der Waals surface area contributed by atoms with E-state index in [2.05, 4.69) is 15.0 Å². The number of carboxylic acids is 1. The van der Waals surface area contributed by atoms with Gasteiger partial charge in [-0.25, -0.2) is 14.8 Å². The van der Waals surface area contributed by atoms with Crippen LogP contribution in [0, 0.1) is 6.92 Å². The molecule has 104 valence electrons. The molecule has 2 heterocycles. The van der Waals surface area contributed by atoms with Gasteiger partial charge in [0.2, 0.25) is 0 Å². The Labute approximate surface area is 116 Å². The van der Waals surface area contributed by atoms with Gasteiger partial charge in [0.25, 0.3) is 0 Å². The van der Waals surface area contributed by atoms with Crippen molar-refractivity contribution in [3.8, 4) is 11.5 Å². The highest BCUT2D eigenvalue weighted by Gasteiger charge is 2.17. The standard InChI is InChI=1S/C14H15N3O3/c1-8(2)13-16-7-11(12(17-13)14(18)19)20-10-5-4-9(3)15-6-10/h4-8H,1-3H3,(H,18,19). The minimum absolute atomic E-state index is 0.0446. The van der Waals surface area contributed by atoms with Gasteiger partial charge in [0.1, 0.15) is 11.6 Å². The summed E-state index contributed by atoms with van der Waals surface area (Å²) in [4.78, 5) is 23.5. The molecule has 0 saturated heterocycles. The summed E-state index contributed by atoms with van der Waals surface area (Å²) in [6.07, 6.45) is 2.91. The zero-order valence-electron chi connectivity index (χ0n) is 11.5. The highest BCUT2D eigenvalue weighted by molar-refractivity contribution is 5.88. The van der Waals surface area contributed by atoms with Crippen LogP contribution >= 0.6 is 0 Å². The molecule has 0 aliphatic rings. The molecule has 0 aliphatic heterocycles. The van der Waals surface area contributed by atoms with Crippen molar-refractivity contribution in [1.82, 2.24) is 15.0 Å². The lowest BCUT2D eigenvalue weighted by atomic mass is 10.2. The third kappa shape index (κ3) is 3.09. The molecule has 0 bridgehead atoms. The number of pyridine rings is 1. The molecule has 0 atom stereocenters. The van der Waals surface area contributed by atoms with Gasteiger partial charge in [-0.15, -0.1) is 0 Å². The van der Waals surface area contributed by atoms with Crippen molar-refractivity contribution in [3.05, 3.63) is 41.7 Å². The lowest BCUT2D eigenvalue weighted by Crippen LogP contribution is -2.08. The van der Waals surface area contributed by atoms with Gasteiger partial charge in [0.05, 0.1) is 12.4 Å². The van der Waals surface area contributed by atoms with Crippen LogP contribution in [0.2, 0.25) is 0 Å². The van der Waals surface area contributed by atoms with Crippen molar-refractivity contribution in [2.45, 2.75) is 26.7 Å². The van der Waals surface area contributed by atoms with E-state index < -0.39 is 5.97 Å². The monoisotopic (exact) mass is 273 g/mol. The van der Waals surface area contributed by atoms with Gasteiger partial charge >= 0.3 is 5.97 Å². The minimum atomic E-state index is -1.15. The van der Waals surface area contributed by atoms with Gasteiger partial charge in [0, 0.05) is 11.6 Å². The Kier molecular flexibility index (Phi) is 3.93. The van der Waals surface area contributed by atoms with Gasteiger partial charge in [-0.3, -0.25) is 4.98 Å². The van der Waals surface area contributed by atoms with Gasteiger partial charge in [-0.2, -0.15) is 0 Å². The van der Waals surface area contributed by atoms with E-state index in [4.69, 9.17) is 4.74 Å². The fraction of sp³-hybridized carbons (Fsp3) is 0.286.